The number of hydrogen-bond acceptors (Lipinski definition) is 5. The smallest absolute Gasteiger partial charge is 0.412 e. The Morgan fingerprint density at radius 1 is 0.881 bits per heavy atom. The van der Waals surface area contributed by atoms with Crippen molar-refractivity contribution in [2.24, 2.45) is 0 Å². The number of nitrogens with one attached hydrogen (secondary N) is 1. The Balaban J connectivity index is 1.20. The second-order valence-corrected chi connectivity index (χ2v) is 13.3. The van der Waals surface area contributed by atoms with E-state index in [4.69, 9.17) is 9.47 Å². The van der Waals surface area contributed by atoms with Gasteiger partial charge in [-0.3, -0.25) is 10.2 Å². The van der Waals surface area contributed by atoms with Gasteiger partial charge >= 0.3 is 12.2 Å². The van der Waals surface area contributed by atoms with Crippen molar-refractivity contribution in [1.29, 1.82) is 0 Å². The van der Waals surface area contributed by atoms with Crippen molar-refractivity contribution < 1.29 is 19.1 Å². The van der Waals surface area contributed by atoms with Crippen LogP contribution in [-0.4, -0.2) is 60.4 Å². The predicted molar refractivity (Wildman–Crippen MR) is 175 cm³/mol. The van der Waals surface area contributed by atoms with Crippen LogP contribution in [0.5, 0.6) is 0 Å². The average molecular weight is 682 g/mol. The van der Waals surface area contributed by atoms with Crippen LogP contribution in [0.25, 0.3) is 11.1 Å². The molecule has 1 aliphatic heterocycles. The zero-order valence-electron chi connectivity index (χ0n) is 25.3. The van der Waals surface area contributed by atoms with Crippen molar-refractivity contribution in [3.63, 3.8) is 0 Å². The molecule has 0 spiro atoms. The number of carbonyl (C=O) groups excluding carboxylic acids is 2. The predicted octanol–water partition coefficient (Wildman–Crippen LogP) is 7.63. The molecule has 1 heterocycles. The lowest BCUT2D eigenvalue weighted by molar-refractivity contribution is 0.0635. The van der Waals surface area contributed by atoms with Gasteiger partial charge in [-0.15, -0.1) is 0 Å². The summed E-state index contributed by atoms with van der Waals surface area (Å²) in [4.78, 5) is 29.9. The minimum atomic E-state index is -0.570. The molecular weight excluding hydrogens is 641 g/mol. The molecule has 3 aromatic carbocycles. The first kappa shape index (κ1) is 30.4. The van der Waals surface area contributed by atoms with E-state index in [2.05, 4.69) is 83.1 Å². The van der Waals surface area contributed by atoms with Crippen molar-refractivity contribution in [3.8, 4) is 11.1 Å². The summed E-state index contributed by atoms with van der Waals surface area (Å²) in [5, 5.41) is 3.00. The number of nitrogens with zero attached hydrogens (tertiary/aromatic N) is 2. The number of piperazine rings is 1. The maximum absolute atomic E-state index is 13.1. The fourth-order valence-corrected chi connectivity index (χ4v) is 6.66. The van der Waals surface area contributed by atoms with E-state index in [0.29, 0.717) is 19.7 Å². The van der Waals surface area contributed by atoms with Gasteiger partial charge in [0.15, 0.2) is 0 Å². The summed E-state index contributed by atoms with van der Waals surface area (Å²) < 4.78 is 12.6. The minimum absolute atomic E-state index is 0.0566. The molecule has 1 saturated heterocycles. The van der Waals surface area contributed by atoms with Gasteiger partial charge in [-0.1, -0.05) is 48.5 Å². The summed E-state index contributed by atoms with van der Waals surface area (Å²) in [5.41, 5.74) is 9.64. The number of benzene rings is 3. The molecule has 222 valence electrons. The fraction of sp³-hybridized carbons (Fsp3) is 0.412. The third-order valence-electron chi connectivity index (χ3n) is 8.29. The Labute approximate surface area is 262 Å². The summed E-state index contributed by atoms with van der Waals surface area (Å²) in [5.74, 6) is 0.0566. The Hall–Kier alpha value is -3.11. The molecule has 2 amide bonds. The molecular formula is C34H40IN3O4. The van der Waals surface area contributed by atoms with E-state index >= 15 is 0 Å². The molecule has 0 bridgehead atoms. The van der Waals surface area contributed by atoms with E-state index in [0.717, 1.165) is 40.0 Å². The first-order valence-corrected chi connectivity index (χ1v) is 15.6. The number of fused-ring (bicyclic) bond motifs is 3. The monoisotopic (exact) mass is 681 g/mol. The molecule has 2 aliphatic rings. The summed E-state index contributed by atoms with van der Waals surface area (Å²) in [6, 6.07) is 16.8. The molecule has 42 heavy (non-hydrogen) atoms. The normalized spacial score (nSPS) is 15.3. The van der Waals surface area contributed by atoms with Crippen LogP contribution in [0.15, 0.2) is 48.5 Å². The van der Waals surface area contributed by atoms with Gasteiger partial charge in [-0.05, 0) is 109 Å². The SMILES string of the molecule is Cc1c(I)c(C)c(NC(=O)OC(C)(C)C)c(C)c1CN1CCN(C(=O)OCC2c3ccccc3-c3ccccc32)CC1. The van der Waals surface area contributed by atoms with Crippen molar-refractivity contribution in [1.82, 2.24) is 9.80 Å². The Bertz CT molecular complexity index is 1460. The van der Waals surface area contributed by atoms with Gasteiger partial charge in [0.2, 0.25) is 0 Å². The van der Waals surface area contributed by atoms with Gasteiger partial charge in [-0.25, -0.2) is 9.59 Å². The molecule has 0 aromatic heterocycles. The number of ether oxygens (including phenoxy) is 2. The molecule has 3 aromatic rings. The summed E-state index contributed by atoms with van der Waals surface area (Å²) in [7, 11) is 0. The number of hydrogen-bond donors (Lipinski definition) is 1. The summed E-state index contributed by atoms with van der Waals surface area (Å²) >= 11 is 2.36. The third kappa shape index (κ3) is 6.29. The third-order valence-corrected chi connectivity index (χ3v) is 9.91. The van der Waals surface area contributed by atoms with Crippen molar-refractivity contribution >= 4 is 40.5 Å². The van der Waals surface area contributed by atoms with Gasteiger partial charge in [0, 0.05) is 42.2 Å². The molecule has 5 rings (SSSR count). The van der Waals surface area contributed by atoms with Gasteiger partial charge < -0.3 is 14.4 Å². The number of rotatable bonds is 5. The number of amides is 2. The fourth-order valence-electron chi connectivity index (χ4n) is 6.06. The number of anilines is 1. The van der Waals surface area contributed by atoms with Crippen LogP contribution in [-0.2, 0) is 16.0 Å². The van der Waals surface area contributed by atoms with Crippen molar-refractivity contribution in [2.45, 2.75) is 59.6 Å². The second kappa shape index (κ2) is 12.2. The zero-order valence-corrected chi connectivity index (χ0v) is 27.5. The van der Waals surface area contributed by atoms with Crippen LogP contribution in [0.2, 0.25) is 0 Å². The van der Waals surface area contributed by atoms with Crippen LogP contribution in [0.4, 0.5) is 15.3 Å². The first-order chi connectivity index (χ1) is 19.9. The van der Waals surface area contributed by atoms with Crippen molar-refractivity contribution in [3.05, 3.63) is 85.5 Å². The van der Waals surface area contributed by atoms with Crippen LogP contribution in [0.1, 0.15) is 60.1 Å². The molecule has 0 saturated carbocycles. The van der Waals surface area contributed by atoms with E-state index < -0.39 is 11.7 Å². The van der Waals surface area contributed by atoms with Gasteiger partial charge in [0.05, 0.1) is 5.69 Å². The van der Waals surface area contributed by atoms with E-state index in [-0.39, 0.29) is 12.0 Å². The molecule has 1 fully saturated rings. The van der Waals surface area contributed by atoms with Gasteiger partial charge in [0.25, 0.3) is 0 Å². The summed E-state index contributed by atoms with van der Waals surface area (Å²) in [6.45, 7) is 15.6. The average Bonchev–Trinajstić information content (AvgIpc) is 3.28. The lowest BCUT2D eigenvalue weighted by atomic mass is 9.96. The first-order valence-electron chi connectivity index (χ1n) is 14.5. The van der Waals surface area contributed by atoms with E-state index in [1.807, 2.05) is 44.7 Å². The largest absolute Gasteiger partial charge is 0.448 e. The number of carbonyl (C=O) groups is 2. The maximum Gasteiger partial charge on any atom is 0.412 e. The van der Waals surface area contributed by atoms with Crippen LogP contribution < -0.4 is 5.32 Å². The van der Waals surface area contributed by atoms with Crippen LogP contribution in [0.3, 0.4) is 0 Å². The van der Waals surface area contributed by atoms with Crippen molar-refractivity contribution in [2.75, 3.05) is 38.1 Å². The lowest BCUT2D eigenvalue weighted by Crippen LogP contribution is -2.48. The summed E-state index contributed by atoms with van der Waals surface area (Å²) in [6.07, 6.45) is -0.700. The second-order valence-electron chi connectivity index (χ2n) is 12.2. The number of halogens is 1. The highest BCUT2D eigenvalue weighted by Crippen LogP contribution is 2.44. The van der Waals surface area contributed by atoms with E-state index in [1.165, 1.54) is 33.4 Å². The Morgan fingerprint density at radius 2 is 1.45 bits per heavy atom. The molecule has 1 N–H and O–H groups in total. The van der Waals surface area contributed by atoms with Crippen LogP contribution in [0, 0.1) is 24.3 Å². The zero-order chi connectivity index (χ0) is 30.2. The highest BCUT2D eigenvalue weighted by atomic mass is 127. The Kier molecular flexibility index (Phi) is 8.85. The van der Waals surface area contributed by atoms with E-state index in [1.54, 1.807) is 0 Å². The van der Waals surface area contributed by atoms with Gasteiger partial charge in [-0.2, -0.15) is 0 Å². The topological polar surface area (TPSA) is 71.1 Å². The molecule has 0 unspecified atom stereocenters. The molecule has 0 atom stereocenters. The maximum atomic E-state index is 13.1. The molecule has 1 aliphatic carbocycles. The highest BCUT2D eigenvalue weighted by molar-refractivity contribution is 14.1. The quantitative estimate of drug-likeness (QED) is 0.281. The van der Waals surface area contributed by atoms with E-state index in [9.17, 15) is 9.59 Å². The highest BCUT2D eigenvalue weighted by Gasteiger charge is 2.31. The van der Waals surface area contributed by atoms with Crippen LogP contribution >= 0.6 is 22.6 Å². The Morgan fingerprint density at radius 3 is 2.02 bits per heavy atom. The lowest BCUT2D eigenvalue weighted by Gasteiger charge is -2.35. The molecule has 0 radical (unpaired) electrons. The molecule has 7 nitrogen and oxygen atoms in total. The minimum Gasteiger partial charge on any atom is -0.448 e. The molecule has 8 heteroatoms. The van der Waals surface area contributed by atoms with Gasteiger partial charge in [0.1, 0.15) is 12.2 Å². The standard InChI is InChI=1S/C34H40IN3O4/c1-21-28(22(2)31(23(3)30(21)35)36-32(39)42-34(4,5)6)19-37-15-17-38(18-16-37)33(40)41-20-29-26-13-9-7-11-24(26)25-12-8-10-14-27(25)29/h7-14,29H,15-20H2,1-6H3,(H,36,39).